The number of esters is 1. The molecule has 0 radical (unpaired) electrons. The fourth-order valence-electron chi connectivity index (χ4n) is 2.20. The Morgan fingerprint density at radius 1 is 1.12 bits per heavy atom. The van der Waals surface area contributed by atoms with Gasteiger partial charge in [-0.1, -0.05) is 29.8 Å². The SMILES string of the molecule is COC(=O)c1cccc(C(=O)N[C@H](Cc2ccc(Cl)cc2)C(=O)O)c1. The molecular formula is C18H16ClNO5. The second-order valence-corrected chi connectivity index (χ2v) is 5.70. The smallest absolute Gasteiger partial charge is 0.337 e. The number of amides is 1. The molecule has 2 aromatic carbocycles. The summed E-state index contributed by atoms with van der Waals surface area (Å²) in [6.45, 7) is 0. The highest BCUT2D eigenvalue weighted by atomic mass is 35.5. The molecule has 0 spiro atoms. The normalized spacial score (nSPS) is 11.4. The van der Waals surface area contributed by atoms with Crippen molar-refractivity contribution in [1.29, 1.82) is 0 Å². The quantitative estimate of drug-likeness (QED) is 0.771. The molecule has 0 saturated heterocycles. The molecule has 2 N–H and O–H groups in total. The van der Waals surface area contributed by atoms with Gasteiger partial charge >= 0.3 is 11.9 Å². The third-order valence-electron chi connectivity index (χ3n) is 3.50. The summed E-state index contributed by atoms with van der Waals surface area (Å²) in [5.74, 6) is -2.33. The van der Waals surface area contributed by atoms with Gasteiger partial charge < -0.3 is 15.2 Å². The molecule has 0 unspecified atom stereocenters. The third-order valence-corrected chi connectivity index (χ3v) is 3.75. The molecule has 0 bridgehead atoms. The lowest BCUT2D eigenvalue weighted by Gasteiger charge is -2.15. The minimum atomic E-state index is -1.16. The molecule has 0 aromatic heterocycles. The van der Waals surface area contributed by atoms with Crippen LogP contribution in [-0.4, -0.2) is 36.1 Å². The number of hydrogen-bond acceptors (Lipinski definition) is 4. The molecule has 0 fully saturated rings. The molecule has 6 nitrogen and oxygen atoms in total. The number of benzene rings is 2. The Morgan fingerprint density at radius 2 is 1.76 bits per heavy atom. The molecule has 25 heavy (non-hydrogen) atoms. The lowest BCUT2D eigenvalue weighted by atomic mass is 10.0. The summed E-state index contributed by atoms with van der Waals surface area (Å²) in [5.41, 5.74) is 1.10. The van der Waals surface area contributed by atoms with Crippen LogP contribution >= 0.6 is 11.6 Å². The molecule has 0 aliphatic rings. The number of carbonyl (C=O) groups excluding carboxylic acids is 2. The van der Waals surface area contributed by atoms with E-state index in [0.29, 0.717) is 5.02 Å². The zero-order valence-corrected chi connectivity index (χ0v) is 14.1. The van der Waals surface area contributed by atoms with Gasteiger partial charge in [0.2, 0.25) is 0 Å². The molecule has 0 saturated carbocycles. The topological polar surface area (TPSA) is 92.7 Å². The van der Waals surface area contributed by atoms with Crippen LogP contribution in [0.5, 0.6) is 0 Å². The van der Waals surface area contributed by atoms with Gasteiger partial charge in [0.05, 0.1) is 12.7 Å². The van der Waals surface area contributed by atoms with Crippen LogP contribution in [-0.2, 0) is 16.0 Å². The molecule has 1 amide bonds. The molecule has 130 valence electrons. The Kier molecular flexibility index (Phi) is 6.14. The summed E-state index contributed by atoms with van der Waals surface area (Å²) in [7, 11) is 1.24. The summed E-state index contributed by atoms with van der Waals surface area (Å²) < 4.78 is 4.60. The molecule has 0 aliphatic carbocycles. The molecule has 7 heteroatoms. The molecule has 1 atom stereocenters. The van der Waals surface area contributed by atoms with E-state index in [2.05, 4.69) is 10.1 Å². The van der Waals surface area contributed by atoms with Gasteiger partial charge in [0, 0.05) is 17.0 Å². The predicted octanol–water partition coefficient (Wildman–Crippen LogP) is 2.55. The van der Waals surface area contributed by atoms with Gasteiger partial charge in [-0.2, -0.15) is 0 Å². The lowest BCUT2D eigenvalue weighted by molar-refractivity contribution is -0.139. The van der Waals surface area contributed by atoms with E-state index in [-0.39, 0.29) is 17.5 Å². The lowest BCUT2D eigenvalue weighted by Crippen LogP contribution is -2.42. The van der Waals surface area contributed by atoms with E-state index in [0.717, 1.165) is 5.56 Å². The fraction of sp³-hybridized carbons (Fsp3) is 0.167. The Labute approximate surface area is 149 Å². The van der Waals surface area contributed by atoms with E-state index in [1.807, 2.05) is 0 Å². The Bertz CT molecular complexity index is 788. The standard InChI is InChI=1S/C18H16ClNO5/c1-25-18(24)13-4-2-3-12(10-13)16(21)20-15(17(22)23)9-11-5-7-14(19)8-6-11/h2-8,10,15H,9H2,1H3,(H,20,21)(H,22,23)/t15-/m1/s1. The van der Waals surface area contributed by atoms with Crippen LogP contribution in [0.25, 0.3) is 0 Å². The van der Waals surface area contributed by atoms with Crippen molar-refractivity contribution in [2.45, 2.75) is 12.5 Å². The van der Waals surface area contributed by atoms with Gasteiger partial charge in [0.25, 0.3) is 5.91 Å². The van der Waals surface area contributed by atoms with Gasteiger partial charge in [-0.3, -0.25) is 4.79 Å². The summed E-state index contributed by atoms with van der Waals surface area (Å²) in [6.07, 6.45) is 0.106. The Morgan fingerprint density at radius 3 is 2.36 bits per heavy atom. The van der Waals surface area contributed by atoms with Crippen molar-refractivity contribution in [1.82, 2.24) is 5.32 Å². The predicted molar refractivity (Wildman–Crippen MR) is 91.8 cm³/mol. The number of ether oxygens (including phenoxy) is 1. The third kappa shape index (κ3) is 5.06. The maximum atomic E-state index is 12.3. The highest BCUT2D eigenvalue weighted by molar-refractivity contribution is 6.30. The average molecular weight is 362 g/mol. The maximum Gasteiger partial charge on any atom is 0.337 e. The number of rotatable bonds is 6. The second-order valence-electron chi connectivity index (χ2n) is 5.27. The number of aliphatic carboxylic acids is 1. The number of methoxy groups -OCH3 is 1. The molecule has 0 heterocycles. The Hall–Kier alpha value is -2.86. The van der Waals surface area contributed by atoms with Crippen LogP contribution in [0.1, 0.15) is 26.3 Å². The maximum absolute atomic E-state index is 12.3. The zero-order chi connectivity index (χ0) is 18.4. The molecular weight excluding hydrogens is 346 g/mol. The van der Waals surface area contributed by atoms with Crippen LogP contribution in [0, 0.1) is 0 Å². The van der Waals surface area contributed by atoms with Gasteiger partial charge in [-0.05, 0) is 35.9 Å². The van der Waals surface area contributed by atoms with Crippen molar-refractivity contribution in [3.05, 3.63) is 70.2 Å². The van der Waals surface area contributed by atoms with Crippen LogP contribution < -0.4 is 5.32 Å². The number of carbonyl (C=O) groups is 3. The van der Waals surface area contributed by atoms with E-state index in [4.69, 9.17) is 11.6 Å². The summed E-state index contributed by atoms with van der Waals surface area (Å²) in [6, 6.07) is 11.4. The highest BCUT2D eigenvalue weighted by Gasteiger charge is 2.21. The molecule has 2 rings (SSSR count). The van der Waals surface area contributed by atoms with Gasteiger partial charge in [-0.15, -0.1) is 0 Å². The van der Waals surface area contributed by atoms with Crippen molar-refractivity contribution >= 4 is 29.4 Å². The fourth-order valence-corrected chi connectivity index (χ4v) is 2.33. The van der Waals surface area contributed by atoms with E-state index in [1.165, 1.54) is 31.4 Å². The van der Waals surface area contributed by atoms with Crippen molar-refractivity contribution in [2.24, 2.45) is 0 Å². The first-order valence-electron chi connectivity index (χ1n) is 7.37. The van der Waals surface area contributed by atoms with E-state index >= 15 is 0 Å². The summed E-state index contributed by atoms with van der Waals surface area (Å²) >= 11 is 5.80. The van der Waals surface area contributed by atoms with Crippen molar-refractivity contribution < 1.29 is 24.2 Å². The monoisotopic (exact) mass is 361 g/mol. The van der Waals surface area contributed by atoms with Crippen LogP contribution in [0.3, 0.4) is 0 Å². The zero-order valence-electron chi connectivity index (χ0n) is 13.4. The van der Waals surface area contributed by atoms with Crippen LogP contribution in [0.2, 0.25) is 5.02 Å². The molecule has 2 aromatic rings. The van der Waals surface area contributed by atoms with E-state index < -0.39 is 23.9 Å². The number of halogens is 1. The second kappa shape index (κ2) is 8.30. The first kappa shape index (κ1) is 18.5. The molecule has 0 aliphatic heterocycles. The van der Waals surface area contributed by atoms with Crippen LogP contribution in [0.4, 0.5) is 0 Å². The van der Waals surface area contributed by atoms with E-state index in [9.17, 15) is 19.5 Å². The van der Waals surface area contributed by atoms with Crippen molar-refractivity contribution in [3.8, 4) is 0 Å². The number of nitrogens with one attached hydrogen (secondary N) is 1. The van der Waals surface area contributed by atoms with Crippen molar-refractivity contribution in [3.63, 3.8) is 0 Å². The average Bonchev–Trinajstić information content (AvgIpc) is 2.62. The Balaban J connectivity index is 2.13. The van der Waals surface area contributed by atoms with Gasteiger partial charge in [0.1, 0.15) is 6.04 Å². The summed E-state index contributed by atoms with van der Waals surface area (Å²) in [5, 5.41) is 12.3. The largest absolute Gasteiger partial charge is 0.480 e. The van der Waals surface area contributed by atoms with Crippen molar-refractivity contribution in [2.75, 3.05) is 7.11 Å². The van der Waals surface area contributed by atoms with Crippen LogP contribution in [0.15, 0.2) is 48.5 Å². The minimum Gasteiger partial charge on any atom is -0.480 e. The van der Waals surface area contributed by atoms with E-state index in [1.54, 1.807) is 24.3 Å². The first-order valence-corrected chi connectivity index (χ1v) is 7.75. The minimum absolute atomic E-state index is 0.106. The first-order chi connectivity index (χ1) is 11.9. The summed E-state index contributed by atoms with van der Waals surface area (Å²) in [4.78, 5) is 35.3. The van der Waals surface area contributed by atoms with Gasteiger partial charge in [0.15, 0.2) is 0 Å². The van der Waals surface area contributed by atoms with Gasteiger partial charge in [-0.25, -0.2) is 9.59 Å². The number of hydrogen-bond donors (Lipinski definition) is 2. The number of carboxylic acid groups (broad SMARTS) is 1. The number of carboxylic acids is 1. The highest BCUT2D eigenvalue weighted by Crippen LogP contribution is 2.12.